The molecule has 1 saturated heterocycles. The zero-order chi connectivity index (χ0) is 19.6. The van der Waals surface area contributed by atoms with Crippen molar-refractivity contribution in [2.75, 3.05) is 20.1 Å². The molecule has 27 heavy (non-hydrogen) atoms. The van der Waals surface area contributed by atoms with E-state index in [9.17, 15) is 13.2 Å². The van der Waals surface area contributed by atoms with Gasteiger partial charge in [0, 0.05) is 32.2 Å². The van der Waals surface area contributed by atoms with Gasteiger partial charge >= 0.3 is 0 Å². The van der Waals surface area contributed by atoms with Gasteiger partial charge in [0.1, 0.15) is 0 Å². The van der Waals surface area contributed by atoms with Crippen LogP contribution in [0.25, 0.3) is 0 Å². The summed E-state index contributed by atoms with van der Waals surface area (Å²) in [5, 5.41) is 0. The van der Waals surface area contributed by atoms with Gasteiger partial charge in [0.2, 0.25) is 10.0 Å². The van der Waals surface area contributed by atoms with E-state index in [1.807, 2.05) is 26.0 Å². The quantitative estimate of drug-likeness (QED) is 0.792. The van der Waals surface area contributed by atoms with Gasteiger partial charge in [-0.1, -0.05) is 29.8 Å². The van der Waals surface area contributed by atoms with Crippen LogP contribution in [0.2, 0.25) is 0 Å². The first-order valence-electron chi connectivity index (χ1n) is 9.21. The molecule has 0 spiro atoms. The molecule has 1 aliphatic rings. The molecule has 6 heteroatoms. The zero-order valence-electron chi connectivity index (χ0n) is 16.1. The first-order valence-corrected chi connectivity index (χ1v) is 10.6. The third-order valence-electron chi connectivity index (χ3n) is 5.04. The lowest BCUT2D eigenvalue weighted by atomic mass is 10.1. The van der Waals surface area contributed by atoms with Crippen molar-refractivity contribution in [3.8, 4) is 0 Å². The van der Waals surface area contributed by atoms with Gasteiger partial charge in [-0.05, 0) is 56.0 Å². The molecule has 1 fully saturated rings. The van der Waals surface area contributed by atoms with Crippen LogP contribution < -0.4 is 0 Å². The lowest BCUT2D eigenvalue weighted by Gasteiger charge is -2.20. The Kier molecular flexibility index (Phi) is 5.67. The summed E-state index contributed by atoms with van der Waals surface area (Å²) in [4.78, 5) is 14.7. The van der Waals surface area contributed by atoms with Crippen LogP contribution in [0.4, 0.5) is 0 Å². The fourth-order valence-electron chi connectivity index (χ4n) is 3.44. The van der Waals surface area contributed by atoms with Gasteiger partial charge in [0.15, 0.2) is 0 Å². The van der Waals surface area contributed by atoms with E-state index < -0.39 is 10.0 Å². The van der Waals surface area contributed by atoms with E-state index in [2.05, 4.69) is 6.07 Å². The Bertz CT molecular complexity index is 948. The SMILES string of the molecule is Cc1ccc(CN(C)C(=O)c2cccc(S(=O)(=O)N3CCCC3)c2)c(C)c1. The van der Waals surface area contributed by atoms with E-state index in [4.69, 9.17) is 0 Å². The second-order valence-corrected chi connectivity index (χ2v) is 9.17. The summed E-state index contributed by atoms with van der Waals surface area (Å²) >= 11 is 0. The highest BCUT2D eigenvalue weighted by Gasteiger charge is 2.28. The van der Waals surface area contributed by atoms with E-state index >= 15 is 0 Å². The molecule has 0 aliphatic carbocycles. The van der Waals surface area contributed by atoms with Crippen LogP contribution in [0, 0.1) is 13.8 Å². The Morgan fingerprint density at radius 1 is 1.07 bits per heavy atom. The van der Waals surface area contributed by atoms with E-state index in [1.54, 1.807) is 30.1 Å². The van der Waals surface area contributed by atoms with Gasteiger partial charge in [0.05, 0.1) is 4.90 Å². The average Bonchev–Trinajstić information content (AvgIpc) is 3.19. The third kappa shape index (κ3) is 4.22. The van der Waals surface area contributed by atoms with Crippen LogP contribution >= 0.6 is 0 Å². The molecule has 0 bridgehead atoms. The van der Waals surface area contributed by atoms with Gasteiger partial charge in [0.25, 0.3) is 5.91 Å². The van der Waals surface area contributed by atoms with Crippen molar-refractivity contribution in [3.05, 3.63) is 64.7 Å². The van der Waals surface area contributed by atoms with Crippen LogP contribution in [0.5, 0.6) is 0 Å². The number of benzene rings is 2. The zero-order valence-corrected chi connectivity index (χ0v) is 16.9. The van der Waals surface area contributed by atoms with Gasteiger partial charge in [-0.2, -0.15) is 4.31 Å². The topological polar surface area (TPSA) is 57.7 Å². The maximum Gasteiger partial charge on any atom is 0.253 e. The summed E-state index contributed by atoms with van der Waals surface area (Å²) < 4.78 is 27.0. The standard InChI is InChI=1S/C21H26N2O3S/c1-16-9-10-19(17(2)13-16)15-22(3)21(24)18-7-6-8-20(14-18)27(25,26)23-11-4-5-12-23/h6-10,13-14H,4-5,11-12,15H2,1-3H3. The van der Waals surface area contributed by atoms with E-state index in [0.717, 1.165) is 24.0 Å². The minimum atomic E-state index is -3.53. The van der Waals surface area contributed by atoms with Crippen LogP contribution in [0.15, 0.2) is 47.4 Å². The summed E-state index contributed by atoms with van der Waals surface area (Å²) in [6.45, 7) is 5.65. The van der Waals surface area contributed by atoms with Crippen molar-refractivity contribution in [3.63, 3.8) is 0 Å². The van der Waals surface area contributed by atoms with E-state index in [1.165, 1.54) is 15.9 Å². The second kappa shape index (κ2) is 7.82. The van der Waals surface area contributed by atoms with Crippen LogP contribution in [-0.2, 0) is 16.6 Å². The normalized spacial score (nSPS) is 15.1. The van der Waals surface area contributed by atoms with Crippen molar-refractivity contribution in [2.45, 2.75) is 38.1 Å². The highest BCUT2D eigenvalue weighted by Crippen LogP contribution is 2.22. The predicted molar refractivity (Wildman–Crippen MR) is 106 cm³/mol. The predicted octanol–water partition coefficient (Wildman–Crippen LogP) is 3.36. The molecule has 2 aromatic carbocycles. The van der Waals surface area contributed by atoms with Crippen LogP contribution in [-0.4, -0.2) is 43.7 Å². The summed E-state index contributed by atoms with van der Waals surface area (Å²) in [6, 6.07) is 12.5. The largest absolute Gasteiger partial charge is 0.337 e. The third-order valence-corrected chi connectivity index (χ3v) is 6.93. The average molecular weight is 387 g/mol. The molecule has 0 unspecified atom stereocenters. The smallest absolute Gasteiger partial charge is 0.253 e. The Morgan fingerprint density at radius 3 is 2.44 bits per heavy atom. The molecular formula is C21H26N2O3S. The fourth-order valence-corrected chi connectivity index (χ4v) is 5.00. The van der Waals surface area contributed by atoms with Crippen molar-refractivity contribution >= 4 is 15.9 Å². The molecular weight excluding hydrogens is 360 g/mol. The molecule has 0 atom stereocenters. The maximum atomic E-state index is 12.8. The highest BCUT2D eigenvalue weighted by atomic mass is 32.2. The number of rotatable bonds is 5. The maximum absolute atomic E-state index is 12.8. The minimum absolute atomic E-state index is 0.187. The lowest BCUT2D eigenvalue weighted by Crippen LogP contribution is -2.29. The number of amides is 1. The summed E-state index contributed by atoms with van der Waals surface area (Å²) in [5.41, 5.74) is 3.80. The van der Waals surface area contributed by atoms with Crippen molar-refractivity contribution in [1.82, 2.24) is 9.21 Å². The Labute approximate surface area is 161 Å². The Balaban J connectivity index is 1.80. The number of aryl methyl sites for hydroxylation is 2. The number of sulfonamides is 1. The molecule has 0 radical (unpaired) electrons. The van der Waals surface area contributed by atoms with Crippen molar-refractivity contribution in [2.24, 2.45) is 0 Å². The molecule has 3 rings (SSSR count). The molecule has 0 aromatic heterocycles. The molecule has 0 N–H and O–H groups in total. The molecule has 5 nitrogen and oxygen atoms in total. The van der Waals surface area contributed by atoms with E-state index in [-0.39, 0.29) is 10.8 Å². The highest BCUT2D eigenvalue weighted by molar-refractivity contribution is 7.89. The number of carbonyl (C=O) groups excluding carboxylic acids is 1. The van der Waals surface area contributed by atoms with Crippen LogP contribution in [0.3, 0.4) is 0 Å². The second-order valence-electron chi connectivity index (χ2n) is 7.23. The summed E-state index contributed by atoms with van der Waals surface area (Å²) in [7, 11) is -1.79. The molecule has 144 valence electrons. The molecule has 0 saturated carbocycles. The number of nitrogens with zero attached hydrogens (tertiary/aromatic N) is 2. The van der Waals surface area contributed by atoms with Gasteiger partial charge in [-0.15, -0.1) is 0 Å². The first kappa shape index (κ1) is 19.6. The molecule has 1 heterocycles. The van der Waals surface area contributed by atoms with Gasteiger partial charge in [-0.3, -0.25) is 4.79 Å². The number of hydrogen-bond acceptors (Lipinski definition) is 3. The summed E-state index contributed by atoms with van der Waals surface area (Å²) in [6.07, 6.45) is 1.77. The number of carbonyl (C=O) groups is 1. The van der Waals surface area contributed by atoms with Crippen molar-refractivity contribution < 1.29 is 13.2 Å². The molecule has 2 aromatic rings. The van der Waals surface area contributed by atoms with Gasteiger partial charge in [-0.25, -0.2) is 8.42 Å². The van der Waals surface area contributed by atoms with Crippen molar-refractivity contribution in [1.29, 1.82) is 0 Å². The van der Waals surface area contributed by atoms with E-state index in [0.29, 0.717) is 25.2 Å². The minimum Gasteiger partial charge on any atom is -0.337 e. The lowest BCUT2D eigenvalue weighted by molar-refractivity contribution is 0.0784. The Hall–Kier alpha value is -2.18. The van der Waals surface area contributed by atoms with Crippen LogP contribution in [0.1, 0.15) is 39.9 Å². The number of hydrogen-bond donors (Lipinski definition) is 0. The monoisotopic (exact) mass is 386 g/mol. The van der Waals surface area contributed by atoms with Gasteiger partial charge < -0.3 is 4.90 Å². The molecule has 1 aliphatic heterocycles. The first-order chi connectivity index (χ1) is 12.8. The summed E-state index contributed by atoms with van der Waals surface area (Å²) in [5.74, 6) is -0.187. The molecule has 1 amide bonds. The fraction of sp³-hybridized carbons (Fsp3) is 0.381. The Morgan fingerprint density at radius 2 is 1.78 bits per heavy atom.